The zero-order valence-corrected chi connectivity index (χ0v) is 7.34. The summed E-state index contributed by atoms with van der Waals surface area (Å²) in [5, 5.41) is 3.69. The summed E-state index contributed by atoms with van der Waals surface area (Å²) in [5.74, 6) is 0. The van der Waals surface area contributed by atoms with Gasteiger partial charge in [-0.3, -0.25) is 9.78 Å². The predicted octanol–water partition coefficient (Wildman–Crippen LogP) is -1.08. The minimum Gasteiger partial charge on any atom is -0.313 e. The van der Waals surface area contributed by atoms with Crippen molar-refractivity contribution >= 4 is 6.21 Å². The fraction of sp³-hybridized carbons (Fsp3) is 0.286. The molecule has 70 valence electrons. The summed E-state index contributed by atoms with van der Waals surface area (Å²) in [6.45, 7) is 1.60. The molecular formula is C7H10N4O2. The lowest BCUT2D eigenvalue weighted by atomic mass is 10.3. The van der Waals surface area contributed by atoms with Gasteiger partial charge in [0.25, 0.3) is 5.56 Å². The smallest absolute Gasteiger partial charge is 0.313 e. The van der Waals surface area contributed by atoms with E-state index in [1.807, 2.05) is 0 Å². The maximum absolute atomic E-state index is 11.1. The molecule has 0 aromatic carbocycles. The first-order valence-electron chi connectivity index (χ1n) is 3.68. The van der Waals surface area contributed by atoms with Crippen LogP contribution in [0.2, 0.25) is 0 Å². The highest BCUT2D eigenvalue weighted by Gasteiger charge is 2.00. The molecule has 0 aliphatic carbocycles. The molecule has 6 heteroatoms. The Morgan fingerprint density at radius 1 is 1.38 bits per heavy atom. The average Bonchev–Trinajstić information content (AvgIpc) is 2.09. The van der Waals surface area contributed by atoms with Gasteiger partial charge in [-0.15, -0.1) is 0 Å². The molecule has 1 aromatic heterocycles. The van der Waals surface area contributed by atoms with Crippen LogP contribution in [0.1, 0.15) is 11.3 Å². The summed E-state index contributed by atoms with van der Waals surface area (Å²) >= 11 is 0. The average molecular weight is 182 g/mol. The monoisotopic (exact) mass is 182 g/mol. The van der Waals surface area contributed by atoms with Gasteiger partial charge in [-0.2, -0.15) is 5.10 Å². The zero-order valence-electron chi connectivity index (χ0n) is 7.34. The van der Waals surface area contributed by atoms with Crippen molar-refractivity contribution in [2.75, 3.05) is 7.05 Å². The molecule has 0 saturated carbocycles. The first kappa shape index (κ1) is 9.24. The molecule has 0 radical (unpaired) electrons. The topological polar surface area (TPSA) is 90.1 Å². The lowest BCUT2D eigenvalue weighted by molar-refractivity contribution is 0.903. The Balaban J connectivity index is 3.29. The predicted molar refractivity (Wildman–Crippen MR) is 49.1 cm³/mol. The van der Waals surface area contributed by atoms with Gasteiger partial charge >= 0.3 is 5.69 Å². The van der Waals surface area contributed by atoms with E-state index in [1.54, 1.807) is 14.0 Å². The molecule has 0 atom stereocenters. The van der Waals surface area contributed by atoms with Gasteiger partial charge in [0.15, 0.2) is 0 Å². The van der Waals surface area contributed by atoms with E-state index in [-0.39, 0.29) is 0 Å². The third kappa shape index (κ3) is 2.05. The number of aromatic nitrogens is 2. The van der Waals surface area contributed by atoms with E-state index in [1.165, 1.54) is 6.21 Å². The molecule has 13 heavy (non-hydrogen) atoms. The minimum atomic E-state index is -0.534. The van der Waals surface area contributed by atoms with Gasteiger partial charge in [-0.1, -0.05) is 0 Å². The molecular weight excluding hydrogens is 172 g/mol. The summed E-state index contributed by atoms with van der Waals surface area (Å²) in [7, 11) is 1.62. The van der Waals surface area contributed by atoms with Gasteiger partial charge in [-0.25, -0.2) is 4.79 Å². The van der Waals surface area contributed by atoms with Gasteiger partial charge in [0.05, 0.1) is 11.9 Å². The standard InChI is InChI=1S/C7H10N4O2/c1-4-5(3-9-8-2)10-7(13)11-6(4)12/h3,8H,1-2H3,(H2,10,11,12,13)/b9-3+. The van der Waals surface area contributed by atoms with Crippen LogP contribution in [0.3, 0.4) is 0 Å². The van der Waals surface area contributed by atoms with Crippen molar-refractivity contribution in [3.8, 4) is 0 Å². The molecule has 0 amide bonds. The van der Waals surface area contributed by atoms with Crippen LogP contribution in [0.25, 0.3) is 0 Å². The van der Waals surface area contributed by atoms with E-state index in [9.17, 15) is 9.59 Å². The van der Waals surface area contributed by atoms with Crippen molar-refractivity contribution in [1.82, 2.24) is 15.4 Å². The Kier molecular flexibility index (Phi) is 2.63. The van der Waals surface area contributed by atoms with E-state index in [4.69, 9.17) is 0 Å². The number of nitrogens with zero attached hydrogens (tertiary/aromatic N) is 1. The third-order valence-corrected chi connectivity index (χ3v) is 1.54. The van der Waals surface area contributed by atoms with Gasteiger partial charge in [0.1, 0.15) is 0 Å². The summed E-state index contributed by atoms with van der Waals surface area (Å²) in [5.41, 5.74) is 2.42. The molecule has 0 saturated heterocycles. The van der Waals surface area contributed by atoms with Gasteiger partial charge < -0.3 is 10.4 Å². The second kappa shape index (κ2) is 3.70. The number of H-pyrrole nitrogens is 2. The minimum absolute atomic E-state index is 0.402. The Morgan fingerprint density at radius 3 is 2.69 bits per heavy atom. The fourth-order valence-corrected chi connectivity index (χ4v) is 0.825. The Labute approximate surface area is 73.7 Å². The molecule has 0 spiro atoms. The normalized spacial score (nSPS) is 10.6. The number of hydrazone groups is 1. The molecule has 0 bridgehead atoms. The van der Waals surface area contributed by atoms with Crippen LogP contribution in [0.5, 0.6) is 0 Å². The van der Waals surface area contributed by atoms with Crippen LogP contribution >= 0.6 is 0 Å². The summed E-state index contributed by atoms with van der Waals surface area (Å²) in [6, 6.07) is 0. The lowest BCUT2D eigenvalue weighted by Gasteiger charge is -1.96. The molecule has 0 aliphatic heterocycles. The van der Waals surface area contributed by atoms with E-state index in [0.29, 0.717) is 11.3 Å². The van der Waals surface area contributed by atoms with Crippen LogP contribution in [-0.4, -0.2) is 23.2 Å². The Bertz CT molecular complexity index is 429. The molecule has 0 fully saturated rings. The number of hydrogen-bond acceptors (Lipinski definition) is 4. The lowest BCUT2D eigenvalue weighted by Crippen LogP contribution is -2.26. The van der Waals surface area contributed by atoms with E-state index >= 15 is 0 Å². The molecule has 3 N–H and O–H groups in total. The Hall–Kier alpha value is -1.85. The van der Waals surface area contributed by atoms with Crippen LogP contribution < -0.4 is 16.7 Å². The van der Waals surface area contributed by atoms with Gasteiger partial charge in [0, 0.05) is 12.6 Å². The van der Waals surface area contributed by atoms with Crippen molar-refractivity contribution in [1.29, 1.82) is 0 Å². The maximum Gasteiger partial charge on any atom is 0.326 e. The van der Waals surface area contributed by atoms with Gasteiger partial charge in [-0.05, 0) is 6.92 Å². The highest BCUT2D eigenvalue weighted by Crippen LogP contribution is 1.88. The molecule has 1 heterocycles. The highest BCUT2D eigenvalue weighted by molar-refractivity contribution is 5.78. The van der Waals surface area contributed by atoms with E-state index < -0.39 is 11.2 Å². The summed E-state index contributed by atoms with van der Waals surface area (Å²) < 4.78 is 0. The van der Waals surface area contributed by atoms with Crippen molar-refractivity contribution in [3.05, 3.63) is 32.1 Å². The number of nitrogens with one attached hydrogen (secondary N) is 3. The molecule has 1 rings (SSSR count). The SMILES string of the molecule is CN/N=C/c1[nH]c(=O)[nH]c(=O)c1C. The fourth-order valence-electron chi connectivity index (χ4n) is 0.825. The molecule has 6 nitrogen and oxygen atoms in total. The van der Waals surface area contributed by atoms with Crippen LogP contribution in [0.15, 0.2) is 14.7 Å². The van der Waals surface area contributed by atoms with Crippen molar-refractivity contribution in [2.24, 2.45) is 5.10 Å². The van der Waals surface area contributed by atoms with Crippen molar-refractivity contribution in [3.63, 3.8) is 0 Å². The number of hydrogen-bond donors (Lipinski definition) is 3. The quantitative estimate of drug-likeness (QED) is 0.401. The number of aromatic amines is 2. The second-order valence-electron chi connectivity index (χ2n) is 2.43. The zero-order chi connectivity index (χ0) is 9.84. The van der Waals surface area contributed by atoms with Crippen molar-refractivity contribution in [2.45, 2.75) is 6.92 Å². The first-order chi connectivity index (χ1) is 6.15. The van der Waals surface area contributed by atoms with Crippen LogP contribution in [0, 0.1) is 6.92 Å². The summed E-state index contributed by atoms with van der Waals surface area (Å²) in [6.07, 6.45) is 1.38. The molecule has 0 unspecified atom stereocenters. The third-order valence-electron chi connectivity index (χ3n) is 1.54. The molecule has 0 aliphatic rings. The Morgan fingerprint density at radius 2 is 2.08 bits per heavy atom. The van der Waals surface area contributed by atoms with Crippen LogP contribution in [-0.2, 0) is 0 Å². The highest BCUT2D eigenvalue weighted by atomic mass is 16.2. The second-order valence-corrected chi connectivity index (χ2v) is 2.43. The first-order valence-corrected chi connectivity index (χ1v) is 3.68. The van der Waals surface area contributed by atoms with Gasteiger partial charge in [0.2, 0.25) is 0 Å². The van der Waals surface area contributed by atoms with Crippen molar-refractivity contribution < 1.29 is 0 Å². The maximum atomic E-state index is 11.1. The van der Waals surface area contributed by atoms with E-state index in [2.05, 4.69) is 20.5 Å². The number of rotatable bonds is 2. The van der Waals surface area contributed by atoms with Crippen LogP contribution in [0.4, 0.5) is 0 Å². The summed E-state index contributed by atoms with van der Waals surface area (Å²) in [4.78, 5) is 26.5. The van der Waals surface area contributed by atoms with E-state index in [0.717, 1.165) is 0 Å². The largest absolute Gasteiger partial charge is 0.326 e. The molecule has 1 aromatic rings.